The van der Waals surface area contributed by atoms with Crippen molar-refractivity contribution in [3.8, 4) is 0 Å². The Morgan fingerprint density at radius 1 is 1.14 bits per heavy atom. The van der Waals surface area contributed by atoms with Gasteiger partial charge >= 0.3 is 0 Å². The summed E-state index contributed by atoms with van der Waals surface area (Å²) in [5.41, 5.74) is 3.43. The number of hydrogen-bond donors (Lipinski definition) is 1. The van der Waals surface area contributed by atoms with E-state index in [9.17, 15) is 0 Å². The summed E-state index contributed by atoms with van der Waals surface area (Å²) < 4.78 is 2.97. The first-order valence-electron chi connectivity index (χ1n) is 6.99. The zero-order valence-corrected chi connectivity index (χ0v) is 14.0. The molecule has 2 aromatic carbocycles. The number of hydrogen-bond acceptors (Lipinski definition) is 2. The Kier molecular flexibility index (Phi) is 3.72. The van der Waals surface area contributed by atoms with Crippen molar-refractivity contribution in [2.45, 2.75) is 19.9 Å². The second kappa shape index (κ2) is 5.53. The summed E-state index contributed by atoms with van der Waals surface area (Å²) in [6.07, 6.45) is 2.07. The van der Waals surface area contributed by atoms with Gasteiger partial charge in [-0.25, -0.2) is 0 Å². The lowest BCUT2D eigenvalue weighted by atomic mass is 10.1. The molecule has 1 atom stereocenters. The van der Waals surface area contributed by atoms with Crippen molar-refractivity contribution >= 4 is 32.4 Å². The molecule has 1 N–H and O–H groups in total. The average molecular weight is 344 g/mol. The molecule has 1 unspecified atom stereocenters. The Morgan fingerprint density at radius 2 is 1.86 bits per heavy atom. The number of rotatable bonds is 3. The Hall–Kier alpha value is -1.81. The predicted molar refractivity (Wildman–Crippen MR) is 91.6 cm³/mol. The van der Waals surface area contributed by atoms with E-state index >= 15 is 0 Å². The first kappa shape index (κ1) is 14.1. The molecule has 0 spiro atoms. The maximum Gasteiger partial charge on any atom is 0.0646 e. The van der Waals surface area contributed by atoms with Gasteiger partial charge in [-0.1, -0.05) is 28.1 Å². The standard InChI is InChI=1S/C17H18BrN3/c1-11(17-10-21(3)20-12(17)2)19-16-7-5-13-8-15(18)6-4-14(13)9-16/h4-11,19H,1-3H3. The van der Waals surface area contributed by atoms with E-state index in [0.29, 0.717) is 0 Å². The molecule has 0 aliphatic heterocycles. The van der Waals surface area contributed by atoms with E-state index in [4.69, 9.17) is 0 Å². The molecule has 0 saturated heterocycles. The monoisotopic (exact) mass is 343 g/mol. The second-order valence-electron chi connectivity index (χ2n) is 5.42. The summed E-state index contributed by atoms with van der Waals surface area (Å²) in [7, 11) is 1.96. The van der Waals surface area contributed by atoms with Crippen LogP contribution in [0.3, 0.4) is 0 Å². The Morgan fingerprint density at radius 3 is 2.57 bits per heavy atom. The molecular formula is C17H18BrN3. The zero-order chi connectivity index (χ0) is 15.0. The van der Waals surface area contributed by atoms with Crippen LogP contribution in [0, 0.1) is 6.92 Å². The van der Waals surface area contributed by atoms with E-state index in [2.05, 4.69) is 75.9 Å². The average Bonchev–Trinajstić information content (AvgIpc) is 2.78. The van der Waals surface area contributed by atoms with E-state index in [-0.39, 0.29) is 6.04 Å². The largest absolute Gasteiger partial charge is 0.378 e. The molecule has 3 nitrogen and oxygen atoms in total. The summed E-state index contributed by atoms with van der Waals surface area (Å²) in [5, 5.41) is 10.4. The highest BCUT2D eigenvalue weighted by Crippen LogP contribution is 2.26. The third-order valence-corrected chi connectivity index (χ3v) is 4.20. The van der Waals surface area contributed by atoms with Gasteiger partial charge in [0.1, 0.15) is 0 Å². The fourth-order valence-electron chi connectivity index (χ4n) is 2.68. The highest BCUT2D eigenvalue weighted by atomic mass is 79.9. The number of nitrogens with one attached hydrogen (secondary N) is 1. The van der Waals surface area contributed by atoms with Gasteiger partial charge in [-0.3, -0.25) is 4.68 Å². The number of halogens is 1. The summed E-state index contributed by atoms with van der Waals surface area (Å²) >= 11 is 3.51. The van der Waals surface area contributed by atoms with Crippen LogP contribution in [0.5, 0.6) is 0 Å². The van der Waals surface area contributed by atoms with Gasteiger partial charge in [0.15, 0.2) is 0 Å². The van der Waals surface area contributed by atoms with Crippen LogP contribution in [-0.4, -0.2) is 9.78 Å². The molecule has 0 bridgehead atoms. The van der Waals surface area contributed by atoms with Gasteiger partial charge in [-0.15, -0.1) is 0 Å². The Balaban J connectivity index is 1.87. The molecule has 21 heavy (non-hydrogen) atoms. The summed E-state index contributed by atoms with van der Waals surface area (Å²) in [5.74, 6) is 0. The Bertz CT molecular complexity index is 792. The predicted octanol–water partition coefficient (Wildman–Crippen LogP) is 4.82. The molecule has 0 saturated carbocycles. The normalized spacial score (nSPS) is 12.6. The van der Waals surface area contributed by atoms with Crippen LogP contribution in [0.2, 0.25) is 0 Å². The Labute approximate surface area is 133 Å². The van der Waals surface area contributed by atoms with Crippen LogP contribution in [0.4, 0.5) is 5.69 Å². The highest BCUT2D eigenvalue weighted by Gasteiger charge is 2.11. The second-order valence-corrected chi connectivity index (χ2v) is 6.33. The van der Waals surface area contributed by atoms with Gasteiger partial charge in [0.2, 0.25) is 0 Å². The minimum absolute atomic E-state index is 0.228. The SMILES string of the molecule is Cc1nn(C)cc1C(C)Nc1ccc2cc(Br)ccc2c1. The van der Waals surface area contributed by atoms with Crippen LogP contribution < -0.4 is 5.32 Å². The minimum Gasteiger partial charge on any atom is -0.378 e. The molecule has 0 amide bonds. The molecule has 3 rings (SSSR count). The first-order valence-corrected chi connectivity index (χ1v) is 7.78. The number of fused-ring (bicyclic) bond motifs is 1. The summed E-state index contributed by atoms with van der Waals surface area (Å²) in [6, 6.07) is 13.0. The first-order chi connectivity index (χ1) is 10.0. The lowest BCUT2D eigenvalue weighted by molar-refractivity contribution is 0.756. The molecule has 1 heterocycles. The summed E-state index contributed by atoms with van der Waals surface area (Å²) in [6.45, 7) is 4.21. The van der Waals surface area contributed by atoms with E-state index in [1.165, 1.54) is 16.3 Å². The number of anilines is 1. The van der Waals surface area contributed by atoms with Crippen LogP contribution in [-0.2, 0) is 7.05 Å². The fraction of sp³-hybridized carbons (Fsp3) is 0.235. The molecule has 0 radical (unpaired) electrons. The van der Waals surface area contributed by atoms with E-state index < -0.39 is 0 Å². The van der Waals surface area contributed by atoms with Gasteiger partial charge in [-0.2, -0.15) is 5.10 Å². The van der Waals surface area contributed by atoms with Gasteiger partial charge in [-0.05, 0) is 48.9 Å². The third-order valence-electron chi connectivity index (χ3n) is 3.70. The van der Waals surface area contributed by atoms with E-state index in [1.54, 1.807) is 0 Å². The third kappa shape index (κ3) is 2.95. The van der Waals surface area contributed by atoms with Crippen LogP contribution in [0.1, 0.15) is 24.2 Å². The van der Waals surface area contributed by atoms with Crippen molar-refractivity contribution in [2.75, 3.05) is 5.32 Å². The topological polar surface area (TPSA) is 29.9 Å². The van der Waals surface area contributed by atoms with E-state index in [1.807, 2.05) is 18.7 Å². The van der Waals surface area contributed by atoms with Gasteiger partial charge < -0.3 is 5.32 Å². The van der Waals surface area contributed by atoms with Crippen molar-refractivity contribution in [3.63, 3.8) is 0 Å². The summed E-state index contributed by atoms with van der Waals surface area (Å²) in [4.78, 5) is 0. The quantitative estimate of drug-likeness (QED) is 0.738. The molecule has 3 aromatic rings. The maximum absolute atomic E-state index is 4.40. The smallest absolute Gasteiger partial charge is 0.0646 e. The molecule has 1 aromatic heterocycles. The molecular weight excluding hydrogens is 326 g/mol. The fourth-order valence-corrected chi connectivity index (χ4v) is 3.06. The maximum atomic E-state index is 4.40. The molecule has 0 aliphatic carbocycles. The molecule has 4 heteroatoms. The van der Waals surface area contributed by atoms with Crippen molar-refractivity contribution in [2.24, 2.45) is 7.05 Å². The molecule has 108 valence electrons. The van der Waals surface area contributed by atoms with Crippen LogP contribution in [0.25, 0.3) is 10.8 Å². The molecule has 0 aliphatic rings. The number of aromatic nitrogens is 2. The van der Waals surface area contributed by atoms with Crippen molar-refractivity contribution in [1.82, 2.24) is 9.78 Å². The number of nitrogens with zero attached hydrogens (tertiary/aromatic N) is 2. The number of benzene rings is 2. The van der Waals surface area contributed by atoms with Crippen molar-refractivity contribution in [3.05, 3.63) is 58.3 Å². The minimum atomic E-state index is 0.228. The molecule has 0 fully saturated rings. The lowest BCUT2D eigenvalue weighted by Crippen LogP contribution is -2.07. The van der Waals surface area contributed by atoms with Crippen molar-refractivity contribution < 1.29 is 0 Å². The van der Waals surface area contributed by atoms with Crippen LogP contribution >= 0.6 is 15.9 Å². The van der Waals surface area contributed by atoms with Crippen LogP contribution in [0.15, 0.2) is 47.1 Å². The van der Waals surface area contributed by atoms with Crippen molar-refractivity contribution in [1.29, 1.82) is 0 Å². The number of aryl methyl sites for hydroxylation is 2. The lowest BCUT2D eigenvalue weighted by Gasteiger charge is -2.15. The van der Waals surface area contributed by atoms with Gasteiger partial charge in [0.25, 0.3) is 0 Å². The van der Waals surface area contributed by atoms with Gasteiger partial charge in [0.05, 0.1) is 11.7 Å². The highest BCUT2D eigenvalue weighted by molar-refractivity contribution is 9.10. The zero-order valence-electron chi connectivity index (χ0n) is 12.4. The van der Waals surface area contributed by atoms with E-state index in [0.717, 1.165) is 15.9 Å². The van der Waals surface area contributed by atoms with Gasteiger partial charge in [0, 0.05) is 29.0 Å².